The average Bonchev–Trinajstić information content (AvgIpc) is 2.35. The van der Waals surface area contributed by atoms with Crippen LogP contribution in [0.5, 0.6) is 0 Å². The number of carboxylic acid groups (broad SMARTS) is 3. The third-order valence-corrected chi connectivity index (χ3v) is 13.2. The predicted molar refractivity (Wildman–Crippen MR) is 294 cm³/mol. The van der Waals surface area contributed by atoms with Crippen molar-refractivity contribution in [3.63, 3.8) is 0 Å². The molecule has 1 heterocycles. The molecule has 14 amide bonds. The minimum Gasteiger partial charge on any atom is -0.481 e. The summed E-state index contributed by atoms with van der Waals surface area (Å²) < 4.78 is 0. The van der Waals surface area contributed by atoms with Gasteiger partial charge in [0.1, 0.15) is 60.4 Å². The Morgan fingerprint density at radius 1 is 0.540 bits per heavy atom. The number of likely N-dealkylation sites (N-methyl/N-ethyl adjacent to an activating group) is 1. The number of likely N-dealkylation sites (tertiary alicyclic amines) is 1. The van der Waals surface area contributed by atoms with Crippen LogP contribution >= 0.6 is 0 Å². The minimum absolute atomic E-state index is 0.192. The maximum atomic E-state index is 14.4. The van der Waals surface area contributed by atoms with E-state index in [4.69, 9.17) is 28.7 Å². The van der Waals surface area contributed by atoms with Crippen LogP contribution in [0, 0.1) is 5.92 Å². The summed E-state index contributed by atoms with van der Waals surface area (Å²) in [5.41, 5.74) is 26.8. The van der Waals surface area contributed by atoms with Gasteiger partial charge in [-0.2, -0.15) is 0 Å². The Labute approximate surface area is 497 Å². The molecule has 1 aliphatic heterocycles. The second-order valence-corrected chi connectivity index (χ2v) is 21.0. The van der Waals surface area contributed by atoms with Crippen LogP contribution < -0.4 is 71.2 Å². The second kappa shape index (κ2) is 36.7. The van der Waals surface area contributed by atoms with Gasteiger partial charge in [-0.15, -0.1) is 0 Å². The van der Waals surface area contributed by atoms with Gasteiger partial charge in [0.05, 0.1) is 25.2 Å². The smallest absolute Gasteiger partial charge is 0.303 e. The van der Waals surface area contributed by atoms with Crippen molar-refractivity contribution in [2.45, 2.75) is 184 Å². The number of amides is 14. The molecule has 0 aromatic rings. The van der Waals surface area contributed by atoms with Crippen molar-refractivity contribution < 1.29 is 107 Å². The molecule has 37 nitrogen and oxygen atoms in total. The highest BCUT2D eigenvalue weighted by Gasteiger charge is 2.44. The van der Waals surface area contributed by atoms with Crippen molar-refractivity contribution >= 4 is 101 Å². The van der Waals surface area contributed by atoms with Crippen LogP contribution in [-0.4, -0.2) is 229 Å². The Balaban J connectivity index is 3.38. The number of aliphatic hydroxyl groups excluding tert-OH is 2. The number of hydrogen-bond donors (Lipinski definition) is 18. The maximum absolute atomic E-state index is 14.4. The van der Waals surface area contributed by atoms with E-state index in [1.807, 2.05) is 0 Å². The summed E-state index contributed by atoms with van der Waals surface area (Å²) in [5.74, 6) is -20.0. The Morgan fingerprint density at radius 2 is 0.977 bits per heavy atom. The van der Waals surface area contributed by atoms with Crippen LogP contribution in [0.2, 0.25) is 0 Å². The lowest BCUT2D eigenvalue weighted by Crippen LogP contribution is -2.60. The first-order chi connectivity index (χ1) is 40.4. The van der Waals surface area contributed by atoms with Gasteiger partial charge in [0.25, 0.3) is 0 Å². The molecule has 0 spiro atoms. The zero-order chi connectivity index (χ0) is 66.7. The number of carboxylic acids is 3. The minimum atomic E-state index is -1.94. The Bertz CT molecular complexity index is 2570. The van der Waals surface area contributed by atoms with E-state index in [0.717, 1.165) is 23.8 Å². The van der Waals surface area contributed by atoms with Crippen LogP contribution in [0.15, 0.2) is 0 Å². The monoisotopic (exact) mass is 1240 g/mol. The number of primary amides is 4. The number of nitrogens with two attached hydrogens (primary N) is 5. The summed E-state index contributed by atoms with van der Waals surface area (Å²) in [7, 11) is 1.10. The molecule has 37 heteroatoms. The standard InChI is InChI=1S/C50H81N15O22/c1-21(2)16-30(49(86)65-20-24(67)17-32(65)48(85)62-29(18-35(53)70)46(83)60-28(9-14-38(74)75)44(81)58-25(41(55)78)6-11-33(51)68)63-45(82)27(8-13-37(72)73)59-42(79)22(3)57-36(71)19-56-43(80)26(7-12-34(52)69)61-47(84)31(10-15-39(76)77)64(5)50(87)40(54)23(4)66/h21-32,40,66-67H,6-20,54H2,1-5H3,(H2,51,68)(H2,52,69)(H2,53,70)(H2,55,78)(H,56,80)(H,57,71)(H,58,81)(H,59,79)(H,60,83)(H,61,84)(H,62,85)(H,63,82)(H,72,73)(H,74,75)(H,76,77)/t22-,23+,24+,25+,26-,27-,28-,29+,30-,31-,32-,40-/m0/s1. The first-order valence-electron chi connectivity index (χ1n) is 27.2. The highest BCUT2D eigenvalue weighted by molar-refractivity contribution is 6.00. The molecule has 0 bridgehead atoms. The molecule has 1 saturated heterocycles. The van der Waals surface area contributed by atoms with Crippen molar-refractivity contribution in [3.8, 4) is 0 Å². The molecule has 0 aromatic carbocycles. The maximum Gasteiger partial charge on any atom is 0.303 e. The molecular weight excluding hydrogens is 1160 g/mol. The van der Waals surface area contributed by atoms with Gasteiger partial charge in [0.2, 0.25) is 82.7 Å². The van der Waals surface area contributed by atoms with Crippen molar-refractivity contribution in [1.82, 2.24) is 52.3 Å². The summed E-state index contributed by atoms with van der Waals surface area (Å²) in [6.07, 6.45) is -10.1. The van der Waals surface area contributed by atoms with Gasteiger partial charge in [-0.3, -0.25) is 81.5 Å². The van der Waals surface area contributed by atoms with Crippen LogP contribution in [0.25, 0.3) is 0 Å². The highest BCUT2D eigenvalue weighted by atomic mass is 16.4. The average molecular weight is 1240 g/mol. The third-order valence-electron chi connectivity index (χ3n) is 13.2. The number of hydrogen-bond acceptors (Lipinski definition) is 20. The molecule has 0 saturated carbocycles. The lowest BCUT2D eigenvalue weighted by Gasteiger charge is -2.31. The Kier molecular flexibility index (Phi) is 32.0. The van der Waals surface area contributed by atoms with Gasteiger partial charge in [-0.1, -0.05) is 13.8 Å². The summed E-state index contributed by atoms with van der Waals surface area (Å²) >= 11 is 0. The molecule has 1 rings (SSSR count). The summed E-state index contributed by atoms with van der Waals surface area (Å²) in [5, 5.41) is 66.7. The normalized spacial score (nSPS) is 17.0. The van der Waals surface area contributed by atoms with Crippen molar-refractivity contribution in [3.05, 3.63) is 0 Å². The fourth-order valence-electron chi connectivity index (χ4n) is 8.46. The quantitative estimate of drug-likeness (QED) is 0.0271. The number of rotatable bonds is 40. The van der Waals surface area contributed by atoms with Crippen LogP contribution in [-0.2, 0) is 81.5 Å². The summed E-state index contributed by atoms with van der Waals surface area (Å²) in [6.45, 7) is 4.08. The molecule has 0 unspecified atom stereocenters. The topological polar surface area (TPSA) is 624 Å². The molecule has 488 valence electrons. The number of aliphatic carboxylic acids is 3. The van der Waals surface area contributed by atoms with Crippen LogP contribution in [0.4, 0.5) is 0 Å². The van der Waals surface area contributed by atoms with E-state index in [1.165, 1.54) is 6.92 Å². The van der Waals surface area contributed by atoms with Gasteiger partial charge >= 0.3 is 17.9 Å². The number of carbonyl (C=O) groups excluding carboxylic acids is 14. The van der Waals surface area contributed by atoms with Crippen molar-refractivity contribution in [1.29, 1.82) is 0 Å². The zero-order valence-corrected chi connectivity index (χ0v) is 48.6. The molecule has 0 aromatic heterocycles. The highest BCUT2D eigenvalue weighted by Crippen LogP contribution is 2.22. The molecule has 0 aliphatic carbocycles. The molecule has 1 aliphatic rings. The number of β-amino-alcohol motifs (C(OH)–C–C–N with tert-alkyl or cyclic N) is 1. The fourth-order valence-corrected chi connectivity index (χ4v) is 8.46. The van der Waals surface area contributed by atoms with E-state index in [2.05, 4.69) is 42.5 Å². The van der Waals surface area contributed by atoms with E-state index in [0.29, 0.717) is 0 Å². The van der Waals surface area contributed by atoms with Gasteiger partial charge in [-0.25, -0.2) is 0 Å². The molecular formula is C50H81N15O22. The van der Waals surface area contributed by atoms with Crippen molar-refractivity contribution in [2.75, 3.05) is 20.1 Å². The lowest BCUT2D eigenvalue weighted by molar-refractivity contribution is -0.144. The SMILES string of the molecule is CC(C)C[C@H](NC(=O)[C@H](CCC(=O)O)NC(=O)[C@H](C)NC(=O)CNC(=O)[C@H](CCC(N)=O)NC(=O)[C@H](CCC(=O)O)N(C)C(=O)[C@@H](N)[C@@H](C)O)C(=O)N1C[C@H](O)C[C@H]1C(=O)N[C@H](CC(N)=O)C(=O)N[C@@H](CCC(=O)O)C(=O)N[C@H](CCC(N)=O)C(N)=O. The summed E-state index contributed by atoms with van der Waals surface area (Å²) in [6, 6.07) is -16.6. The van der Waals surface area contributed by atoms with Gasteiger partial charge in [0, 0.05) is 52.1 Å². The zero-order valence-electron chi connectivity index (χ0n) is 48.6. The molecule has 12 atom stereocenters. The third kappa shape index (κ3) is 27.6. The van der Waals surface area contributed by atoms with Gasteiger partial charge < -0.3 is 107 Å². The first kappa shape index (κ1) is 75.9. The Hall–Kier alpha value is -9.13. The van der Waals surface area contributed by atoms with Crippen molar-refractivity contribution in [2.24, 2.45) is 34.6 Å². The van der Waals surface area contributed by atoms with Crippen LogP contribution in [0.1, 0.15) is 111 Å². The number of nitrogens with zero attached hydrogens (tertiary/aromatic N) is 2. The summed E-state index contributed by atoms with van der Waals surface area (Å²) in [4.78, 5) is 219. The van der Waals surface area contributed by atoms with E-state index in [9.17, 15) is 107 Å². The van der Waals surface area contributed by atoms with Crippen LogP contribution in [0.3, 0.4) is 0 Å². The fraction of sp³-hybridized carbons (Fsp3) is 0.660. The molecule has 23 N–H and O–H groups in total. The van der Waals surface area contributed by atoms with E-state index >= 15 is 0 Å². The first-order valence-corrected chi connectivity index (χ1v) is 27.2. The van der Waals surface area contributed by atoms with E-state index in [-0.39, 0.29) is 12.8 Å². The number of nitrogens with one attached hydrogen (secondary N) is 8. The second-order valence-electron chi connectivity index (χ2n) is 21.0. The van der Waals surface area contributed by atoms with E-state index < -0.39 is 263 Å². The molecule has 0 radical (unpaired) electrons. The van der Waals surface area contributed by atoms with E-state index in [1.54, 1.807) is 13.8 Å². The number of aliphatic hydroxyl groups is 2. The Morgan fingerprint density at radius 3 is 1.45 bits per heavy atom. The molecule has 1 fully saturated rings. The number of carbonyl (C=O) groups is 17. The lowest BCUT2D eigenvalue weighted by atomic mass is 10.0. The van der Waals surface area contributed by atoms with Gasteiger partial charge in [-0.05, 0) is 58.3 Å². The largest absolute Gasteiger partial charge is 0.481 e. The predicted octanol–water partition coefficient (Wildman–Crippen LogP) is -9.45. The van der Waals surface area contributed by atoms with Gasteiger partial charge in [0.15, 0.2) is 0 Å². The molecule has 87 heavy (non-hydrogen) atoms.